The lowest BCUT2D eigenvalue weighted by atomic mass is 9.88. The summed E-state index contributed by atoms with van der Waals surface area (Å²) in [4.78, 5) is 24.0. The Morgan fingerprint density at radius 1 is 1.35 bits per heavy atom. The van der Waals surface area contributed by atoms with Crippen LogP contribution in [-0.4, -0.2) is 52.9 Å². The zero-order valence-electron chi connectivity index (χ0n) is 12.3. The van der Waals surface area contributed by atoms with Gasteiger partial charge in [0.2, 0.25) is 0 Å². The second-order valence-electron chi connectivity index (χ2n) is 5.85. The average molecular weight is 286 g/mol. The molecule has 6 nitrogen and oxygen atoms in total. The fraction of sp³-hybridized carbons (Fsp3) is 0.857. The first-order chi connectivity index (χ1) is 9.40. The van der Waals surface area contributed by atoms with Crippen molar-refractivity contribution in [2.45, 2.75) is 45.6 Å². The standard InChI is InChI=1S/C14H26N2O4/c1-10(2)11(3-4-13(18)19)5-7-15-14(20)16-8-6-12(17)9-16/h10-12,17H,3-9H2,1-2H3,(H,15,20)(H,18,19). The first-order valence-corrected chi connectivity index (χ1v) is 7.32. The minimum absolute atomic E-state index is 0.137. The van der Waals surface area contributed by atoms with Crippen LogP contribution in [0.4, 0.5) is 4.79 Å². The van der Waals surface area contributed by atoms with Gasteiger partial charge >= 0.3 is 12.0 Å². The van der Waals surface area contributed by atoms with Gasteiger partial charge < -0.3 is 20.4 Å². The Hall–Kier alpha value is -1.30. The van der Waals surface area contributed by atoms with Crippen molar-refractivity contribution in [2.75, 3.05) is 19.6 Å². The molecule has 1 aliphatic heterocycles. The number of aliphatic carboxylic acids is 1. The van der Waals surface area contributed by atoms with E-state index in [1.165, 1.54) is 0 Å². The average Bonchev–Trinajstić information content (AvgIpc) is 2.79. The van der Waals surface area contributed by atoms with Gasteiger partial charge in [-0.25, -0.2) is 4.79 Å². The van der Waals surface area contributed by atoms with Crippen molar-refractivity contribution in [1.82, 2.24) is 10.2 Å². The van der Waals surface area contributed by atoms with Crippen LogP contribution in [0.15, 0.2) is 0 Å². The van der Waals surface area contributed by atoms with E-state index >= 15 is 0 Å². The van der Waals surface area contributed by atoms with Crippen LogP contribution in [0, 0.1) is 11.8 Å². The van der Waals surface area contributed by atoms with E-state index in [2.05, 4.69) is 19.2 Å². The summed E-state index contributed by atoms with van der Waals surface area (Å²) in [5.74, 6) is -0.0684. The van der Waals surface area contributed by atoms with Gasteiger partial charge in [-0.3, -0.25) is 4.79 Å². The molecule has 0 aromatic rings. The molecule has 2 atom stereocenters. The van der Waals surface area contributed by atoms with Crippen LogP contribution in [0.2, 0.25) is 0 Å². The SMILES string of the molecule is CC(C)C(CCNC(=O)N1CCC(O)C1)CCC(=O)O. The molecule has 20 heavy (non-hydrogen) atoms. The highest BCUT2D eigenvalue weighted by Crippen LogP contribution is 2.20. The summed E-state index contributed by atoms with van der Waals surface area (Å²) in [6.45, 7) is 5.70. The van der Waals surface area contributed by atoms with Gasteiger partial charge in [0.05, 0.1) is 6.10 Å². The number of carboxylic acid groups (broad SMARTS) is 1. The molecule has 0 radical (unpaired) electrons. The molecule has 0 aromatic carbocycles. The smallest absolute Gasteiger partial charge is 0.317 e. The predicted molar refractivity (Wildman–Crippen MR) is 75.4 cm³/mol. The predicted octanol–water partition coefficient (Wildman–Crippen LogP) is 1.29. The number of carboxylic acids is 1. The summed E-state index contributed by atoms with van der Waals surface area (Å²) >= 11 is 0. The minimum atomic E-state index is -0.772. The number of nitrogens with zero attached hydrogens (tertiary/aromatic N) is 1. The number of amides is 2. The van der Waals surface area contributed by atoms with E-state index in [-0.39, 0.29) is 12.5 Å². The Morgan fingerprint density at radius 3 is 2.55 bits per heavy atom. The lowest BCUT2D eigenvalue weighted by Crippen LogP contribution is -2.39. The quantitative estimate of drug-likeness (QED) is 0.658. The van der Waals surface area contributed by atoms with Crippen molar-refractivity contribution < 1.29 is 19.8 Å². The number of nitrogens with one attached hydrogen (secondary N) is 1. The largest absolute Gasteiger partial charge is 0.481 e. The number of β-amino-alcohol motifs (C(OH)–C–C–N with tert-alkyl or cyclic N) is 1. The Bertz CT molecular complexity index is 333. The summed E-state index contributed by atoms with van der Waals surface area (Å²) in [6, 6.07) is -0.137. The molecule has 0 bridgehead atoms. The van der Waals surface area contributed by atoms with Crippen molar-refractivity contribution >= 4 is 12.0 Å². The van der Waals surface area contributed by atoms with Crippen molar-refractivity contribution in [2.24, 2.45) is 11.8 Å². The third-order valence-electron chi connectivity index (χ3n) is 3.91. The number of likely N-dealkylation sites (tertiary alicyclic amines) is 1. The van der Waals surface area contributed by atoms with Crippen LogP contribution < -0.4 is 5.32 Å². The Morgan fingerprint density at radius 2 is 2.05 bits per heavy atom. The molecule has 2 unspecified atom stereocenters. The van der Waals surface area contributed by atoms with E-state index in [0.717, 1.165) is 6.42 Å². The molecule has 2 amide bonds. The lowest BCUT2D eigenvalue weighted by Gasteiger charge is -2.21. The van der Waals surface area contributed by atoms with E-state index in [4.69, 9.17) is 5.11 Å². The molecule has 1 fully saturated rings. The molecular formula is C14H26N2O4. The summed E-state index contributed by atoms with van der Waals surface area (Å²) in [5.41, 5.74) is 0. The highest BCUT2D eigenvalue weighted by Gasteiger charge is 2.24. The van der Waals surface area contributed by atoms with E-state index < -0.39 is 12.1 Å². The molecule has 1 heterocycles. The number of urea groups is 1. The van der Waals surface area contributed by atoms with Gasteiger partial charge in [0.15, 0.2) is 0 Å². The van der Waals surface area contributed by atoms with E-state index in [9.17, 15) is 14.7 Å². The van der Waals surface area contributed by atoms with Gasteiger partial charge in [-0.05, 0) is 31.1 Å². The summed E-state index contributed by atoms with van der Waals surface area (Å²) < 4.78 is 0. The zero-order valence-corrected chi connectivity index (χ0v) is 12.3. The number of hydrogen-bond donors (Lipinski definition) is 3. The zero-order chi connectivity index (χ0) is 15.1. The molecule has 1 aliphatic rings. The van der Waals surface area contributed by atoms with Crippen molar-refractivity contribution in [3.63, 3.8) is 0 Å². The first kappa shape index (κ1) is 16.8. The summed E-state index contributed by atoms with van der Waals surface area (Å²) in [7, 11) is 0. The van der Waals surface area contributed by atoms with Crippen LogP contribution in [0.5, 0.6) is 0 Å². The second-order valence-corrected chi connectivity index (χ2v) is 5.85. The summed E-state index contributed by atoms with van der Waals surface area (Å²) in [6.07, 6.45) is 1.84. The molecule has 1 rings (SSSR count). The molecule has 1 saturated heterocycles. The monoisotopic (exact) mass is 286 g/mol. The van der Waals surface area contributed by atoms with E-state index in [0.29, 0.717) is 44.3 Å². The van der Waals surface area contributed by atoms with Crippen LogP contribution in [-0.2, 0) is 4.79 Å². The van der Waals surface area contributed by atoms with Crippen LogP contribution >= 0.6 is 0 Å². The molecule has 116 valence electrons. The number of hydrogen-bond acceptors (Lipinski definition) is 3. The fourth-order valence-electron chi connectivity index (χ4n) is 2.52. The molecule has 0 aromatic heterocycles. The van der Waals surface area contributed by atoms with Gasteiger partial charge in [-0.2, -0.15) is 0 Å². The molecule has 0 spiro atoms. The number of carbonyl (C=O) groups is 2. The molecular weight excluding hydrogens is 260 g/mol. The van der Waals surface area contributed by atoms with Gasteiger partial charge in [0.1, 0.15) is 0 Å². The third kappa shape index (κ3) is 5.77. The highest BCUT2D eigenvalue weighted by molar-refractivity contribution is 5.74. The van der Waals surface area contributed by atoms with Crippen molar-refractivity contribution in [3.8, 4) is 0 Å². The number of carbonyl (C=O) groups excluding carboxylic acids is 1. The fourth-order valence-corrected chi connectivity index (χ4v) is 2.52. The van der Waals surface area contributed by atoms with Crippen molar-refractivity contribution in [1.29, 1.82) is 0 Å². The van der Waals surface area contributed by atoms with Gasteiger partial charge in [0.25, 0.3) is 0 Å². The number of rotatable bonds is 7. The Balaban J connectivity index is 2.25. The summed E-state index contributed by atoms with van der Waals surface area (Å²) in [5, 5.41) is 21.0. The lowest BCUT2D eigenvalue weighted by molar-refractivity contribution is -0.137. The maximum Gasteiger partial charge on any atom is 0.317 e. The van der Waals surface area contributed by atoms with E-state index in [1.807, 2.05) is 0 Å². The number of aliphatic hydroxyl groups excluding tert-OH is 1. The first-order valence-electron chi connectivity index (χ1n) is 7.32. The maximum absolute atomic E-state index is 11.8. The van der Waals surface area contributed by atoms with Crippen molar-refractivity contribution in [3.05, 3.63) is 0 Å². The molecule has 6 heteroatoms. The van der Waals surface area contributed by atoms with E-state index in [1.54, 1.807) is 4.90 Å². The van der Waals surface area contributed by atoms with Gasteiger partial charge in [-0.15, -0.1) is 0 Å². The van der Waals surface area contributed by atoms with Gasteiger partial charge in [-0.1, -0.05) is 13.8 Å². The van der Waals surface area contributed by atoms with Crippen LogP contribution in [0.3, 0.4) is 0 Å². The Kier molecular flexibility index (Phi) is 6.78. The third-order valence-corrected chi connectivity index (χ3v) is 3.91. The number of aliphatic hydroxyl groups is 1. The van der Waals surface area contributed by atoms with Crippen LogP contribution in [0.1, 0.15) is 39.5 Å². The molecule has 3 N–H and O–H groups in total. The molecule has 0 aliphatic carbocycles. The normalized spacial score (nSPS) is 20.2. The minimum Gasteiger partial charge on any atom is -0.481 e. The second kappa shape index (κ2) is 8.09. The highest BCUT2D eigenvalue weighted by atomic mass is 16.4. The van der Waals surface area contributed by atoms with Crippen LogP contribution in [0.25, 0.3) is 0 Å². The maximum atomic E-state index is 11.8. The topological polar surface area (TPSA) is 89.9 Å². The Labute approximate surface area is 120 Å². The molecule has 0 saturated carbocycles. The van der Waals surface area contributed by atoms with Gasteiger partial charge in [0, 0.05) is 26.1 Å².